The van der Waals surface area contributed by atoms with Crippen molar-refractivity contribution in [2.75, 3.05) is 26.2 Å². The summed E-state index contributed by atoms with van der Waals surface area (Å²) in [5.41, 5.74) is -0.657. The number of piperidine rings is 1. The van der Waals surface area contributed by atoms with Gasteiger partial charge in [0.15, 0.2) is 0 Å². The minimum Gasteiger partial charge on any atom is -0.349 e. The van der Waals surface area contributed by atoms with Gasteiger partial charge in [0.1, 0.15) is 12.1 Å². The van der Waals surface area contributed by atoms with Crippen LogP contribution >= 0.6 is 0 Å². The van der Waals surface area contributed by atoms with E-state index in [1.165, 1.54) is 19.6 Å². The molecule has 1 aliphatic carbocycles. The second-order valence-electron chi connectivity index (χ2n) is 9.94. The largest absolute Gasteiger partial charge is 0.417 e. The van der Waals surface area contributed by atoms with Crippen molar-refractivity contribution in [3.63, 3.8) is 0 Å². The highest BCUT2D eigenvalue weighted by Crippen LogP contribution is 2.37. The Bertz CT molecular complexity index is 1330. The van der Waals surface area contributed by atoms with E-state index in [0.717, 1.165) is 6.07 Å². The molecule has 10 nitrogen and oxygen atoms in total. The second-order valence-corrected chi connectivity index (χ2v) is 11.9. The van der Waals surface area contributed by atoms with E-state index >= 15 is 0 Å². The fourth-order valence-corrected chi connectivity index (χ4v) is 7.02. The van der Waals surface area contributed by atoms with E-state index in [4.69, 9.17) is 5.26 Å². The summed E-state index contributed by atoms with van der Waals surface area (Å²) in [5.74, 6) is 3.96. The average Bonchev–Trinajstić information content (AvgIpc) is 3.11. The van der Waals surface area contributed by atoms with Gasteiger partial charge in [-0.2, -0.15) is 35.5 Å². The number of hydrogen-bond donors (Lipinski definition) is 1. The monoisotopic (exact) mass is 550 g/mol. The summed E-state index contributed by atoms with van der Waals surface area (Å²) in [5, 5.41) is 11.6. The fourth-order valence-electron chi connectivity index (χ4n) is 5.23. The number of fused-ring (bicyclic) bond motifs is 1. The van der Waals surface area contributed by atoms with Gasteiger partial charge in [0, 0.05) is 32.4 Å². The summed E-state index contributed by atoms with van der Waals surface area (Å²) in [6.45, 7) is 0.418. The minimum absolute atomic E-state index is 0.0139. The predicted molar refractivity (Wildman–Crippen MR) is 125 cm³/mol. The maximum Gasteiger partial charge on any atom is 0.417 e. The molecule has 38 heavy (non-hydrogen) atoms. The van der Waals surface area contributed by atoms with Crippen LogP contribution in [0.25, 0.3) is 0 Å². The number of aromatic nitrogens is 1. The average molecular weight is 551 g/mol. The number of alkyl halides is 3. The molecular formula is C24H25F3N6O4S. The van der Waals surface area contributed by atoms with Crippen molar-refractivity contribution in [3.05, 3.63) is 29.6 Å². The summed E-state index contributed by atoms with van der Waals surface area (Å²) in [6, 6.07) is 2.84. The van der Waals surface area contributed by atoms with E-state index in [1.807, 2.05) is 6.07 Å². The molecule has 1 N–H and O–H groups in total. The molecule has 4 aliphatic rings. The van der Waals surface area contributed by atoms with Gasteiger partial charge in [-0.25, -0.2) is 0 Å². The van der Waals surface area contributed by atoms with Crippen molar-refractivity contribution in [1.82, 2.24) is 23.8 Å². The van der Waals surface area contributed by atoms with Crippen molar-refractivity contribution in [2.24, 2.45) is 17.8 Å². The van der Waals surface area contributed by atoms with Crippen LogP contribution in [-0.2, 0) is 32.5 Å². The number of carbonyl (C=O) groups is 2. The molecule has 0 radical (unpaired) electrons. The molecule has 0 saturated carbocycles. The third kappa shape index (κ3) is 4.84. The van der Waals surface area contributed by atoms with Crippen LogP contribution in [-0.4, -0.2) is 77.0 Å². The molecule has 1 aromatic rings. The first kappa shape index (κ1) is 26.4. The lowest BCUT2D eigenvalue weighted by molar-refractivity contribution is -0.143. The lowest BCUT2D eigenvalue weighted by Crippen LogP contribution is -2.58. The van der Waals surface area contributed by atoms with Gasteiger partial charge in [-0.3, -0.25) is 14.6 Å². The normalized spacial score (nSPS) is 27.8. The zero-order valence-electron chi connectivity index (χ0n) is 20.2. The maximum absolute atomic E-state index is 13.6. The fraction of sp³-hybridized carbons (Fsp3) is 0.583. The van der Waals surface area contributed by atoms with Gasteiger partial charge in [-0.1, -0.05) is 11.8 Å². The number of hydrogen-bond acceptors (Lipinski definition) is 6. The van der Waals surface area contributed by atoms with Crippen LogP contribution in [0.4, 0.5) is 13.2 Å². The first-order chi connectivity index (χ1) is 18.0. The molecule has 0 aromatic carbocycles. The summed E-state index contributed by atoms with van der Waals surface area (Å²) in [7, 11) is -3.79. The van der Waals surface area contributed by atoms with E-state index < -0.39 is 45.9 Å². The molecule has 0 bridgehead atoms. The third-order valence-corrected chi connectivity index (χ3v) is 9.41. The van der Waals surface area contributed by atoms with Gasteiger partial charge in [-0.15, -0.1) is 0 Å². The molecule has 1 aromatic heterocycles. The number of likely N-dealkylation sites (tertiary alicyclic amines) is 1. The van der Waals surface area contributed by atoms with Crippen LogP contribution in [0.15, 0.2) is 18.3 Å². The smallest absolute Gasteiger partial charge is 0.349 e. The van der Waals surface area contributed by atoms with Gasteiger partial charge in [0.25, 0.3) is 10.2 Å². The Kier molecular flexibility index (Phi) is 6.84. The first-order valence-electron chi connectivity index (χ1n) is 12.3. The Morgan fingerprint density at radius 1 is 1.18 bits per heavy atom. The molecule has 3 saturated heterocycles. The SMILES string of the molecule is N#CC1CN(S(=O)(=O)N2CCC[C@H](C(=O)N3[C@@H](C(=O)NCc4ccc(C(F)(F)F)cn4)C[C@H]4C#C[C@H]43)C2)C1. The number of rotatable bonds is 6. The molecule has 3 fully saturated rings. The lowest BCUT2D eigenvalue weighted by Gasteiger charge is -2.41. The number of amides is 2. The van der Waals surface area contributed by atoms with Gasteiger partial charge < -0.3 is 10.2 Å². The predicted octanol–water partition coefficient (Wildman–Crippen LogP) is 0.731. The highest BCUT2D eigenvalue weighted by molar-refractivity contribution is 7.86. The van der Waals surface area contributed by atoms with Gasteiger partial charge >= 0.3 is 6.18 Å². The van der Waals surface area contributed by atoms with E-state index in [1.54, 1.807) is 0 Å². The third-order valence-electron chi connectivity index (χ3n) is 7.48. The molecule has 14 heteroatoms. The molecule has 3 aliphatic heterocycles. The lowest BCUT2D eigenvalue weighted by atomic mass is 9.92. The molecule has 202 valence electrons. The Morgan fingerprint density at radius 2 is 1.95 bits per heavy atom. The highest BCUT2D eigenvalue weighted by Gasteiger charge is 2.51. The quantitative estimate of drug-likeness (QED) is 0.521. The number of nitriles is 1. The van der Waals surface area contributed by atoms with Crippen LogP contribution in [0.5, 0.6) is 0 Å². The van der Waals surface area contributed by atoms with E-state index in [0.29, 0.717) is 25.5 Å². The topological polar surface area (TPSA) is 127 Å². The molecule has 0 unspecified atom stereocenters. The van der Waals surface area contributed by atoms with Crippen LogP contribution in [0, 0.1) is 40.9 Å². The Morgan fingerprint density at radius 3 is 2.55 bits per heavy atom. The zero-order valence-corrected chi connectivity index (χ0v) is 21.0. The molecule has 5 rings (SSSR count). The second kappa shape index (κ2) is 9.84. The number of halogens is 3. The van der Waals surface area contributed by atoms with Crippen molar-refractivity contribution in [2.45, 2.75) is 44.1 Å². The number of nitrogens with zero attached hydrogens (tertiary/aromatic N) is 5. The number of carbonyl (C=O) groups excluding carboxylic acids is 2. The summed E-state index contributed by atoms with van der Waals surface area (Å²) >= 11 is 0. The molecule has 4 heterocycles. The van der Waals surface area contributed by atoms with Crippen LogP contribution in [0.2, 0.25) is 0 Å². The van der Waals surface area contributed by atoms with Crippen molar-refractivity contribution in [1.29, 1.82) is 5.26 Å². The van der Waals surface area contributed by atoms with Gasteiger partial charge in [0.2, 0.25) is 11.8 Å². The summed E-state index contributed by atoms with van der Waals surface area (Å²) < 4.78 is 66.8. The van der Waals surface area contributed by atoms with Crippen LogP contribution < -0.4 is 5.32 Å². The minimum atomic E-state index is -4.51. The van der Waals surface area contributed by atoms with Crippen molar-refractivity contribution < 1.29 is 31.2 Å². The van der Waals surface area contributed by atoms with Crippen LogP contribution in [0.1, 0.15) is 30.5 Å². The van der Waals surface area contributed by atoms with Crippen LogP contribution in [0.3, 0.4) is 0 Å². The first-order valence-corrected chi connectivity index (χ1v) is 13.7. The molecule has 2 amide bonds. The van der Waals surface area contributed by atoms with Gasteiger partial charge in [0.05, 0.1) is 41.6 Å². The van der Waals surface area contributed by atoms with Gasteiger partial charge in [-0.05, 0) is 31.4 Å². The standard InChI is InChI=1S/C24H25F3N6O4S/c25-24(26,27)18-4-5-19(29-10-18)11-30-22(34)21-8-16-3-6-20(16)33(21)23(35)17-2-1-7-31(14-17)38(36,37)32-12-15(9-28)13-32/h4-5,10,15-17,20-21H,1-2,7-8,11-14H2,(H,30,34)/t16-,17+,20-,21-/m1/s1. The summed E-state index contributed by atoms with van der Waals surface area (Å²) in [4.78, 5) is 31.9. The number of nitrogens with one attached hydrogen (secondary N) is 1. The maximum atomic E-state index is 13.6. The van der Waals surface area contributed by atoms with E-state index in [2.05, 4.69) is 22.1 Å². The highest BCUT2D eigenvalue weighted by atomic mass is 32.2. The Balaban J connectivity index is 1.23. The summed E-state index contributed by atoms with van der Waals surface area (Å²) in [6.07, 6.45) is -2.54. The Labute approximate surface area is 217 Å². The zero-order chi connectivity index (χ0) is 27.2. The van der Waals surface area contributed by atoms with E-state index in [-0.39, 0.29) is 56.2 Å². The molecular weight excluding hydrogens is 525 g/mol. The van der Waals surface area contributed by atoms with Crippen molar-refractivity contribution in [3.8, 4) is 17.9 Å². The Hall–Kier alpha value is -3.20. The number of pyridine rings is 1. The molecule has 4 atom stereocenters. The molecule has 0 spiro atoms. The van der Waals surface area contributed by atoms with Crippen molar-refractivity contribution >= 4 is 22.0 Å². The van der Waals surface area contributed by atoms with E-state index in [9.17, 15) is 31.2 Å².